The van der Waals surface area contributed by atoms with Crippen molar-refractivity contribution in [3.8, 4) is 5.75 Å². The molecule has 0 fully saturated rings. The first-order valence-corrected chi connectivity index (χ1v) is 8.99. The van der Waals surface area contributed by atoms with Gasteiger partial charge in [0.25, 0.3) is 0 Å². The van der Waals surface area contributed by atoms with Crippen molar-refractivity contribution < 1.29 is 45.0 Å². The minimum atomic E-state index is -6.45. The van der Waals surface area contributed by atoms with Gasteiger partial charge in [-0.1, -0.05) is 12.1 Å². The van der Waals surface area contributed by atoms with Gasteiger partial charge in [-0.2, -0.15) is 35.8 Å². The van der Waals surface area contributed by atoms with Crippen LogP contribution in [-0.2, 0) is 11.3 Å². The molecule has 174 valence electrons. The minimum absolute atomic E-state index is 0.134. The molecule has 0 saturated carbocycles. The first-order chi connectivity index (χ1) is 14.9. The molecule has 0 aromatic heterocycles. The quantitative estimate of drug-likeness (QED) is 0.183. The molecule has 0 aliphatic rings. The molecule has 0 aliphatic heterocycles. The molecule has 0 saturated heterocycles. The van der Waals surface area contributed by atoms with Crippen molar-refractivity contribution in [3.63, 3.8) is 0 Å². The number of hydrazone groups is 1. The van der Waals surface area contributed by atoms with Gasteiger partial charge in [0.1, 0.15) is 12.4 Å². The molecule has 0 spiro atoms. The van der Waals surface area contributed by atoms with Crippen molar-refractivity contribution in [3.05, 3.63) is 65.2 Å². The summed E-state index contributed by atoms with van der Waals surface area (Å²) in [5, 5.41) is 2.77. The molecule has 0 heterocycles. The van der Waals surface area contributed by atoms with Crippen LogP contribution in [0.3, 0.4) is 0 Å². The average Bonchev–Trinajstić information content (AvgIpc) is 2.72. The van der Waals surface area contributed by atoms with Crippen LogP contribution in [0.5, 0.6) is 5.75 Å². The zero-order chi connectivity index (χ0) is 24.0. The Hall–Kier alpha value is -3.31. The predicted octanol–water partition coefficient (Wildman–Crippen LogP) is 5.16. The lowest BCUT2D eigenvalue weighted by atomic mass is 10.1. The third-order valence-corrected chi connectivity index (χ3v) is 3.92. The summed E-state index contributed by atoms with van der Waals surface area (Å²) in [6.07, 6.45) is -5.80. The molecule has 32 heavy (non-hydrogen) atoms. The third-order valence-electron chi connectivity index (χ3n) is 3.92. The van der Waals surface area contributed by atoms with E-state index >= 15 is 0 Å². The molecule has 0 unspecified atom stereocenters. The summed E-state index contributed by atoms with van der Waals surface area (Å²) < 4.78 is 98.2. The van der Waals surface area contributed by atoms with E-state index in [-0.39, 0.29) is 18.8 Å². The van der Waals surface area contributed by atoms with Gasteiger partial charge >= 0.3 is 24.1 Å². The topological polar surface area (TPSA) is 59.9 Å². The highest BCUT2D eigenvalue weighted by Gasteiger charge is 2.73. The zero-order valence-electron chi connectivity index (χ0n) is 16.4. The maximum atomic E-state index is 13.1. The van der Waals surface area contributed by atoms with E-state index < -0.39 is 24.1 Å². The highest BCUT2D eigenvalue weighted by Crippen LogP contribution is 2.44. The Morgan fingerprint density at radius 2 is 1.56 bits per heavy atom. The van der Waals surface area contributed by atoms with Crippen molar-refractivity contribution in [2.45, 2.75) is 31.7 Å². The molecule has 0 amide bonds. The normalized spacial score (nSPS) is 12.6. The molecule has 5 nitrogen and oxygen atoms in total. The van der Waals surface area contributed by atoms with Gasteiger partial charge in [-0.25, -0.2) is 10.2 Å². The largest absolute Gasteiger partial charge is 0.489 e. The van der Waals surface area contributed by atoms with E-state index in [4.69, 9.17) is 9.47 Å². The number of alkyl halides is 7. The lowest BCUT2D eigenvalue weighted by Gasteiger charge is -2.27. The second-order valence-electron chi connectivity index (χ2n) is 6.29. The molecular weight excluding hydrogens is 449 g/mol. The van der Waals surface area contributed by atoms with Crippen molar-refractivity contribution in [1.82, 2.24) is 5.43 Å². The molecule has 1 N–H and O–H groups in total. The average molecular weight is 466 g/mol. The fourth-order valence-electron chi connectivity index (χ4n) is 2.20. The van der Waals surface area contributed by atoms with E-state index in [0.29, 0.717) is 23.0 Å². The highest BCUT2D eigenvalue weighted by molar-refractivity contribution is 5.89. The summed E-state index contributed by atoms with van der Waals surface area (Å²) >= 11 is 0. The van der Waals surface area contributed by atoms with Crippen LogP contribution in [0.2, 0.25) is 0 Å². The van der Waals surface area contributed by atoms with E-state index in [1.165, 1.54) is 24.3 Å². The molecule has 0 aliphatic carbocycles. The molecule has 0 bridgehead atoms. The second-order valence-corrected chi connectivity index (χ2v) is 6.29. The number of hydrogen-bond acceptors (Lipinski definition) is 5. The lowest BCUT2D eigenvalue weighted by molar-refractivity contribution is -0.361. The zero-order valence-corrected chi connectivity index (χ0v) is 16.4. The molecule has 0 radical (unpaired) electrons. The van der Waals surface area contributed by atoms with Crippen molar-refractivity contribution in [2.24, 2.45) is 5.10 Å². The molecule has 0 atom stereocenters. The maximum Gasteiger partial charge on any atom is 0.462 e. The van der Waals surface area contributed by atoms with Crippen molar-refractivity contribution in [2.75, 3.05) is 6.61 Å². The Kier molecular flexibility index (Phi) is 7.70. The number of esters is 1. The summed E-state index contributed by atoms with van der Waals surface area (Å²) in [4.78, 5) is 11.6. The molecule has 2 aromatic rings. The van der Waals surface area contributed by atoms with E-state index in [9.17, 15) is 35.5 Å². The van der Waals surface area contributed by atoms with Crippen molar-refractivity contribution >= 4 is 12.2 Å². The van der Waals surface area contributed by atoms with Gasteiger partial charge in [0.05, 0.1) is 18.4 Å². The molecule has 2 aromatic carbocycles. The van der Waals surface area contributed by atoms with E-state index in [1.54, 1.807) is 31.2 Å². The number of halogens is 7. The van der Waals surface area contributed by atoms with Crippen LogP contribution in [0, 0.1) is 0 Å². The molecular formula is C20H17F7N2O3. The standard InChI is InChI=1S/C20H17F7N2O3/c1-2-31-17(30)15-7-3-14(4-8-15)12-32-16-9-5-13(6-10-16)11-28-29-20(26,27)18(21,22)19(23,24)25/h3-11,29H,2,12H2,1H3/b28-11-. The number of nitrogens with one attached hydrogen (secondary N) is 1. The van der Waals surface area contributed by atoms with Gasteiger partial charge in [0.15, 0.2) is 0 Å². The summed E-state index contributed by atoms with van der Waals surface area (Å²) in [6.45, 7) is 2.08. The smallest absolute Gasteiger partial charge is 0.462 e. The van der Waals surface area contributed by atoms with Gasteiger partial charge < -0.3 is 9.47 Å². The van der Waals surface area contributed by atoms with Gasteiger partial charge in [0, 0.05) is 0 Å². The van der Waals surface area contributed by atoms with Crippen LogP contribution in [0.25, 0.3) is 0 Å². The van der Waals surface area contributed by atoms with Crippen LogP contribution in [0.15, 0.2) is 53.6 Å². The fraction of sp³-hybridized carbons (Fsp3) is 0.300. The monoisotopic (exact) mass is 466 g/mol. The lowest BCUT2D eigenvalue weighted by Crippen LogP contribution is -2.58. The highest BCUT2D eigenvalue weighted by atomic mass is 19.4. The number of nitrogens with zero attached hydrogens (tertiary/aromatic N) is 1. The van der Waals surface area contributed by atoms with Gasteiger partial charge in [-0.3, -0.25) is 0 Å². The second kappa shape index (κ2) is 9.88. The molecule has 2 rings (SSSR count). The van der Waals surface area contributed by atoms with Gasteiger partial charge in [0.2, 0.25) is 0 Å². The summed E-state index contributed by atoms with van der Waals surface area (Å²) in [6, 6.07) is 6.31. The summed E-state index contributed by atoms with van der Waals surface area (Å²) in [7, 11) is 0. The Morgan fingerprint density at radius 3 is 2.09 bits per heavy atom. The van der Waals surface area contributed by atoms with Crippen LogP contribution < -0.4 is 10.2 Å². The fourth-order valence-corrected chi connectivity index (χ4v) is 2.20. The summed E-state index contributed by atoms with van der Waals surface area (Å²) in [5.41, 5.74) is 1.79. The van der Waals surface area contributed by atoms with Gasteiger partial charge in [-0.15, -0.1) is 0 Å². The van der Waals surface area contributed by atoms with Crippen molar-refractivity contribution in [1.29, 1.82) is 0 Å². The van der Waals surface area contributed by atoms with Crippen LogP contribution in [0.4, 0.5) is 30.7 Å². The Balaban J connectivity index is 1.91. The summed E-state index contributed by atoms with van der Waals surface area (Å²) in [5.74, 6) is -6.39. The maximum absolute atomic E-state index is 13.1. The Morgan fingerprint density at radius 1 is 0.969 bits per heavy atom. The molecule has 12 heteroatoms. The SMILES string of the molecule is CCOC(=O)c1ccc(COc2ccc(/C=N\NC(F)(F)C(F)(F)C(F)(F)F)cc2)cc1. The van der Waals surface area contributed by atoms with E-state index in [2.05, 4.69) is 5.10 Å². The number of carbonyl (C=O) groups excluding carboxylic acids is 1. The minimum Gasteiger partial charge on any atom is -0.489 e. The first kappa shape index (κ1) is 25.0. The van der Waals surface area contributed by atoms with Crippen LogP contribution in [0.1, 0.15) is 28.4 Å². The van der Waals surface area contributed by atoms with E-state index in [0.717, 1.165) is 5.56 Å². The first-order valence-electron chi connectivity index (χ1n) is 8.99. The number of rotatable bonds is 9. The van der Waals surface area contributed by atoms with Crippen LogP contribution >= 0.6 is 0 Å². The number of benzene rings is 2. The Bertz CT molecular complexity index is 928. The van der Waals surface area contributed by atoms with Gasteiger partial charge in [-0.05, 0) is 54.4 Å². The Labute approximate surface area is 177 Å². The number of ether oxygens (including phenoxy) is 2. The number of hydrogen-bond donors (Lipinski definition) is 1. The van der Waals surface area contributed by atoms with Crippen LogP contribution in [-0.4, -0.2) is 36.9 Å². The third kappa shape index (κ3) is 6.11. The number of carbonyl (C=O) groups is 1. The van der Waals surface area contributed by atoms with E-state index in [1.807, 2.05) is 0 Å². The predicted molar refractivity (Wildman–Crippen MR) is 99.9 cm³/mol.